The highest BCUT2D eigenvalue weighted by molar-refractivity contribution is 6.35. The molecule has 0 radical (unpaired) electrons. The molecule has 1 atom stereocenters. The Labute approximate surface area is 169 Å². The van der Waals surface area contributed by atoms with Crippen LogP contribution in [0.2, 0.25) is 10.0 Å². The molecule has 0 fully saturated rings. The summed E-state index contributed by atoms with van der Waals surface area (Å²) in [6.07, 6.45) is -1.34. The molecule has 142 valence electrons. The molecule has 1 unspecified atom stereocenters. The molecule has 1 N–H and O–H groups in total. The van der Waals surface area contributed by atoms with Crippen LogP contribution < -0.4 is 5.32 Å². The van der Waals surface area contributed by atoms with Gasteiger partial charge in [-0.05, 0) is 35.9 Å². The Morgan fingerprint density at radius 3 is 2.59 bits per heavy atom. The fourth-order valence-corrected chi connectivity index (χ4v) is 3.72. The average molecular weight is 435 g/mol. The quantitative estimate of drug-likeness (QED) is 0.523. The van der Waals surface area contributed by atoms with Crippen molar-refractivity contribution in [3.05, 3.63) is 81.4 Å². The van der Waals surface area contributed by atoms with Gasteiger partial charge in [-0.25, -0.2) is 0 Å². The number of rotatable bonds is 1. The number of nitrogens with one attached hydrogen (secondary N) is 1. The summed E-state index contributed by atoms with van der Waals surface area (Å²) in [6.45, 7) is 0.443. The van der Waals surface area contributed by atoms with E-state index in [1.165, 1.54) is 12.3 Å². The number of hydrogen-bond acceptors (Lipinski definition) is 2. The predicted molar refractivity (Wildman–Crippen MR) is 101 cm³/mol. The number of aromatic nitrogens is 2. The Bertz CT molecular complexity index is 968. The van der Waals surface area contributed by atoms with Gasteiger partial charge in [0, 0.05) is 40.2 Å². The van der Waals surface area contributed by atoms with Crippen molar-refractivity contribution in [2.75, 3.05) is 0 Å². The zero-order chi connectivity index (χ0) is 18.5. The Morgan fingerprint density at radius 1 is 1.15 bits per heavy atom. The number of fused-ring (bicyclic) bond motifs is 3. The van der Waals surface area contributed by atoms with Crippen molar-refractivity contribution >= 4 is 35.6 Å². The summed E-state index contributed by atoms with van der Waals surface area (Å²) in [5.41, 5.74) is 2.30. The van der Waals surface area contributed by atoms with Gasteiger partial charge in [-0.2, -0.15) is 13.2 Å². The third-order valence-electron chi connectivity index (χ3n) is 4.37. The Hall–Kier alpha value is -1.73. The van der Waals surface area contributed by atoms with E-state index < -0.39 is 11.9 Å². The molecule has 27 heavy (non-hydrogen) atoms. The second kappa shape index (κ2) is 7.36. The van der Waals surface area contributed by atoms with Gasteiger partial charge in [0.15, 0.2) is 0 Å². The van der Waals surface area contributed by atoms with Crippen LogP contribution in [0.5, 0.6) is 0 Å². The molecular weight excluding hydrogens is 422 g/mol. The van der Waals surface area contributed by atoms with Gasteiger partial charge in [0.05, 0.1) is 11.7 Å². The molecule has 0 saturated heterocycles. The van der Waals surface area contributed by atoms with Crippen molar-refractivity contribution in [2.45, 2.75) is 18.8 Å². The van der Waals surface area contributed by atoms with E-state index in [-0.39, 0.29) is 18.4 Å². The van der Waals surface area contributed by atoms with E-state index in [1.54, 1.807) is 6.07 Å². The van der Waals surface area contributed by atoms with E-state index in [0.717, 1.165) is 23.0 Å². The summed E-state index contributed by atoms with van der Waals surface area (Å²) in [5, 5.41) is 4.40. The van der Waals surface area contributed by atoms with Gasteiger partial charge < -0.3 is 9.88 Å². The van der Waals surface area contributed by atoms with Crippen molar-refractivity contribution in [1.29, 1.82) is 0 Å². The molecule has 4 rings (SSSR count). The van der Waals surface area contributed by atoms with Gasteiger partial charge in [0.2, 0.25) is 0 Å². The monoisotopic (exact) mass is 433 g/mol. The first-order valence-electron chi connectivity index (χ1n) is 7.76. The lowest BCUT2D eigenvalue weighted by atomic mass is 10.1. The minimum Gasteiger partial charge on any atom is -0.319 e. The molecule has 0 aliphatic carbocycles. The zero-order valence-electron chi connectivity index (χ0n) is 13.6. The maximum Gasteiger partial charge on any atom is 0.433 e. The maximum absolute atomic E-state index is 12.8. The molecule has 3 aromatic rings. The average Bonchev–Trinajstić information content (AvgIpc) is 2.99. The molecule has 1 aliphatic heterocycles. The van der Waals surface area contributed by atoms with Crippen LogP contribution in [0.25, 0.3) is 5.69 Å². The molecule has 0 saturated carbocycles. The van der Waals surface area contributed by atoms with Crippen LogP contribution in [-0.4, -0.2) is 9.55 Å². The number of halogens is 6. The molecule has 2 aromatic heterocycles. The van der Waals surface area contributed by atoms with Gasteiger partial charge in [-0.1, -0.05) is 29.3 Å². The van der Waals surface area contributed by atoms with Gasteiger partial charge >= 0.3 is 6.18 Å². The number of pyridine rings is 1. The first-order chi connectivity index (χ1) is 12.3. The second-order valence-electron chi connectivity index (χ2n) is 5.98. The number of hydrogen-bond donors (Lipinski definition) is 1. The minimum absolute atomic E-state index is 0. The summed E-state index contributed by atoms with van der Waals surface area (Å²) < 4.78 is 40.2. The lowest BCUT2D eigenvalue weighted by molar-refractivity contribution is -0.141. The van der Waals surface area contributed by atoms with Crippen LogP contribution in [0.3, 0.4) is 0 Å². The normalized spacial score (nSPS) is 16.1. The summed E-state index contributed by atoms with van der Waals surface area (Å²) >= 11 is 12.5. The van der Waals surface area contributed by atoms with Crippen molar-refractivity contribution in [3.8, 4) is 5.69 Å². The fraction of sp³-hybridized carbons (Fsp3) is 0.167. The molecular formula is C18H13Cl3F3N3. The zero-order valence-corrected chi connectivity index (χ0v) is 15.9. The topological polar surface area (TPSA) is 29.9 Å². The molecule has 1 aliphatic rings. The molecule has 3 nitrogen and oxygen atoms in total. The summed E-state index contributed by atoms with van der Waals surface area (Å²) in [5.74, 6) is 0. The molecule has 9 heteroatoms. The van der Waals surface area contributed by atoms with Gasteiger partial charge in [-0.3, -0.25) is 4.98 Å². The summed E-state index contributed by atoms with van der Waals surface area (Å²) in [7, 11) is 0. The van der Waals surface area contributed by atoms with Crippen LogP contribution in [0, 0.1) is 0 Å². The van der Waals surface area contributed by atoms with Gasteiger partial charge in [0.1, 0.15) is 5.69 Å². The summed E-state index contributed by atoms with van der Waals surface area (Å²) in [4.78, 5) is 3.57. The van der Waals surface area contributed by atoms with Crippen molar-refractivity contribution in [3.63, 3.8) is 0 Å². The highest BCUT2D eigenvalue weighted by Gasteiger charge is 2.33. The third-order valence-corrected chi connectivity index (χ3v) is 4.92. The predicted octanol–water partition coefficient (Wildman–Crippen LogP) is 5.81. The van der Waals surface area contributed by atoms with Crippen molar-refractivity contribution < 1.29 is 13.2 Å². The largest absolute Gasteiger partial charge is 0.433 e. The Kier molecular flexibility index (Phi) is 5.45. The van der Waals surface area contributed by atoms with Crippen molar-refractivity contribution in [2.24, 2.45) is 0 Å². The first kappa shape index (κ1) is 20.0. The molecule has 1 aromatic carbocycles. The van der Waals surface area contributed by atoms with Gasteiger partial charge in [0.25, 0.3) is 0 Å². The van der Waals surface area contributed by atoms with Crippen molar-refractivity contribution in [1.82, 2.24) is 14.9 Å². The van der Waals surface area contributed by atoms with E-state index in [9.17, 15) is 13.2 Å². The Morgan fingerprint density at radius 2 is 1.93 bits per heavy atom. The van der Waals surface area contributed by atoms with Crippen LogP contribution in [-0.2, 0) is 12.7 Å². The number of alkyl halides is 3. The maximum atomic E-state index is 12.8. The minimum atomic E-state index is -4.46. The number of benzene rings is 1. The van der Waals surface area contributed by atoms with E-state index in [0.29, 0.717) is 22.2 Å². The van der Waals surface area contributed by atoms with Crippen LogP contribution in [0.15, 0.2) is 48.8 Å². The molecule has 3 heterocycles. The van der Waals surface area contributed by atoms with Crippen LogP contribution >= 0.6 is 35.6 Å². The summed E-state index contributed by atoms with van der Waals surface area (Å²) in [6, 6.07) is 9.36. The molecule has 0 spiro atoms. The van der Waals surface area contributed by atoms with E-state index in [1.807, 2.05) is 29.0 Å². The second-order valence-corrected chi connectivity index (χ2v) is 6.82. The SMILES string of the molecule is Cl.FC(F)(F)c1ccc(C2NCc3c(Cl)cc(Cl)cc3-n3cccc32)cn1. The van der Waals surface area contributed by atoms with E-state index >= 15 is 0 Å². The first-order valence-corrected chi connectivity index (χ1v) is 8.52. The molecule has 0 amide bonds. The molecule has 0 bridgehead atoms. The standard InChI is InChI=1S/C18H12Cl2F3N3.ClH/c19-11-6-13(20)12-9-25-17(14-2-1-5-26(14)15(12)7-11)10-3-4-16(24-8-10)18(21,22)23;/h1-8,17,25H,9H2;1H. The third kappa shape index (κ3) is 3.67. The fourth-order valence-electron chi connectivity index (χ4n) is 3.17. The van der Waals surface area contributed by atoms with Crippen LogP contribution in [0.4, 0.5) is 13.2 Å². The highest BCUT2D eigenvalue weighted by Crippen LogP contribution is 2.35. The van der Waals surface area contributed by atoms with Crippen LogP contribution in [0.1, 0.15) is 28.6 Å². The highest BCUT2D eigenvalue weighted by atomic mass is 35.5. The lowest BCUT2D eigenvalue weighted by Gasteiger charge is -2.18. The lowest BCUT2D eigenvalue weighted by Crippen LogP contribution is -2.22. The van der Waals surface area contributed by atoms with Gasteiger partial charge in [-0.15, -0.1) is 12.4 Å². The smallest absolute Gasteiger partial charge is 0.319 e. The van der Waals surface area contributed by atoms with E-state index in [2.05, 4.69) is 10.3 Å². The Balaban J connectivity index is 0.00000210. The van der Waals surface area contributed by atoms with E-state index in [4.69, 9.17) is 23.2 Å². The number of nitrogens with zero attached hydrogens (tertiary/aromatic N) is 2.